The van der Waals surface area contributed by atoms with Crippen LogP contribution in [0.1, 0.15) is 6.42 Å². The zero-order chi connectivity index (χ0) is 18.5. The predicted molar refractivity (Wildman–Crippen MR) is 101 cm³/mol. The van der Waals surface area contributed by atoms with Gasteiger partial charge in [0.25, 0.3) is 5.56 Å². The summed E-state index contributed by atoms with van der Waals surface area (Å²) in [5, 5.41) is 3.75. The van der Waals surface area contributed by atoms with Crippen LogP contribution in [-0.2, 0) is 11.3 Å². The van der Waals surface area contributed by atoms with Gasteiger partial charge < -0.3 is 10.2 Å². The summed E-state index contributed by atoms with van der Waals surface area (Å²) in [5.74, 6) is 0.492. The van der Waals surface area contributed by atoms with Crippen molar-refractivity contribution in [3.63, 3.8) is 0 Å². The maximum Gasteiger partial charge on any atom is 0.252 e. The van der Waals surface area contributed by atoms with Crippen LogP contribution in [0.15, 0.2) is 35.8 Å². The molecule has 0 aliphatic carbocycles. The summed E-state index contributed by atoms with van der Waals surface area (Å²) >= 11 is 0. The Morgan fingerprint density at radius 3 is 2.73 bits per heavy atom. The summed E-state index contributed by atoms with van der Waals surface area (Å²) in [4.78, 5) is 36.7. The first-order chi connectivity index (χ1) is 12.6. The number of fused-ring (bicyclic) bond motifs is 1. The van der Waals surface area contributed by atoms with Crippen molar-refractivity contribution in [2.75, 3.05) is 45.1 Å². The monoisotopic (exact) mass is 356 g/mol. The molecule has 3 heterocycles. The Morgan fingerprint density at radius 1 is 1.27 bits per heavy atom. The van der Waals surface area contributed by atoms with Gasteiger partial charge in [-0.2, -0.15) is 4.98 Å². The summed E-state index contributed by atoms with van der Waals surface area (Å²) in [6, 6.07) is 3.31. The van der Waals surface area contributed by atoms with E-state index in [9.17, 15) is 9.59 Å². The van der Waals surface area contributed by atoms with Gasteiger partial charge in [0.15, 0.2) is 0 Å². The van der Waals surface area contributed by atoms with Gasteiger partial charge in [0.05, 0.1) is 0 Å². The lowest BCUT2D eigenvalue weighted by Gasteiger charge is -2.34. The number of carbonyl (C=O) groups excluding carboxylic acids is 1. The van der Waals surface area contributed by atoms with Crippen LogP contribution >= 0.6 is 0 Å². The third-order valence-corrected chi connectivity index (χ3v) is 4.66. The van der Waals surface area contributed by atoms with Gasteiger partial charge in [0.2, 0.25) is 11.9 Å². The molecule has 1 amide bonds. The second-order valence-electron chi connectivity index (χ2n) is 6.27. The quantitative estimate of drug-likeness (QED) is 0.761. The third-order valence-electron chi connectivity index (χ3n) is 4.66. The smallest absolute Gasteiger partial charge is 0.252 e. The maximum absolute atomic E-state index is 12.3. The van der Waals surface area contributed by atoms with E-state index < -0.39 is 0 Å². The number of pyridine rings is 1. The number of piperazine rings is 1. The summed E-state index contributed by atoms with van der Waals surface area (Å²) < 4.78 is 1.70. The lowest BCUT2D eigenvalue weighted by Crippen LogP contribution is -2.48. The van der Waals surface area contributed by atoms with Crippen LogP contribution in [0.3, 0.4) is 0 Å². The molecule has 1 saturated heterocycles. The van der Waals surface area contributed by atoms with Crippen LogP contribution in [-0.4, -0.2) is 70.0 Å². The van der Waals surface area contributed by atoms with Crippen molar-refractivity contribution < 1.29 is 4.79 Å². The topological polar surface area (TPSA) is 83.4 Å². The van der Waals surface area contributed by atoms with Gasteiger partial charge in [-0.25, -0.2) is 4.98 Å². The lowest BCUT2D eigenvalue weighted by atomic mass is 10.2. The Labute approximate surface area is 152 Å². The summed E-state index contributed by atoms with van der Waals surface area (Å²) in [5.41, 5.74) is 0.595. The fourth-order valence-electron chi connectivity index (χ4n) is 3.18. The fourth-order valence-corrected chi connectivity index (χ4v) is 3.18. The number of anilines is 1. The molecular formula is C18H24N6O2. The van der Waals surface area contributed by atoms with E-state index in [1.807, 2.05) is 4.90 Å². The fraction of sp³-hybridized carbons (Fsp3) is 0.444. The van der Waals surface area contributed by atoms with E-state index in [2.05, 4.69) is 26.8 Å². The number of rotatable bonds is 6. The van der Waals surface area contributed by atoms with Crippen molar-refractivity contribution in [2.45, 2.75) is 13.0 Å². The standard InChI is InChI=1S/C18H24N6O2/c1-3-15(25)23-11-9-22(10-12-23)7-4-8-24-16(26)6-5-14-13-20-18(19-2)21-17(14)24/h3,5-6,13H,1,4,7-12H2,2H3,(H,19,20,21). The second kappa shape index (κ2) is 8.09. The Hall–Kier alpha value is -2.74. The SMILES string of the molecule is C=CC(=O)N1CCN(CCCn2c(=O)ccc3cnc(NC)nc32)CC1. The van der Waals surface area contributed by atoms with Gasteiger partial charge in [-0.1, -0.05) is 6.58 Å². The highest BCUT2D eigenvalue weighted by Crippen LogP contribution is 2.11. The third kappa shape index (κ3) is 3.91. The molecular weight excluding hydrogens is 332 g/mol. The highest BCUT2D eigenvalue weighted by Gasteiger charge is 2.19. The molecule has 2 aromatic heterocycles. The first-order valence-corrected chi connectivity index (χ1v) is 8.80. The van der Waals surface area contributed by atoms with Crippen LogP contribution in [0.25, 0.3) is 11.0 Å². The van der Waals surface area contributed by atoms with Crippen LogP contribution < -0.4 is 10.9 Å². The summed E-state index contributed by atoms with van der Waals surface area (Å²) in [7, 11) is 1.75. The lowest BCUT2D eigenvalue weighted by molar-refractivity contribution is -0.127. The number of nitrogens with zero attached hydrogens (tertiary/aromatic N) is 5. The number of aryl methyl sites for hydroxylation is 1. The van der Waals surface area contributed by atoms with E-state index in [4.69, 9.17) is 0 Å². The number of hydrogen-bond acceptors (Lipinski definition) is 6. The molecule has 1 aliphatic rings. The second-order valence-corrected chi connectivity index (χ2v) is 6.27. The van der Waals surface area contributed by atoms with Crippen LogP contribution in [0, 0.1) is 0 Å². The molecule has 2 aromatic rings. The van der Waals surface area contributed by atoms with Crippen molar-refractivity contribution in [3.05, 3.63) is 41.3 Å². The van der Waals surface area contributed by atoms with Crippen molar-refractivity contribution in [2.24, 2.45) is 0 Å². The Bertz CT molecular complexity index is 854. The number of carbonyl (C=O) groups is 1. The number of nitrogens with one attached hydrogen (secondary N) is 1. The Morgan fingerprint density at radius 2 is 2.04 bits per heavy atom. The number of aromatic nitrogens is 3. The first kappa shape index (κ1) is 18.1. The molecule has 8 nitrogen and oxygen atoms in total. The molecule has 8 heteroatoms. The molecule has 0 bridgehead atoms. The van der Waals surface area contributed by atoms with E-state index >= 15 is 0 Å². The molecule has 26 heavy (non-hydrogen) atoms. The number of hydrogen-bond donors (Lipinski definition) is 1. The van der Waals surface area contributed by atoms with Crippen molar-refractivity contribution in [1.29, 1.82) is 0 Å². The van der Waals surface area contributed by atoms with Crippen LogP contribution in [0.5, 0.6) is 0 Å². The van der Waals surface area contributed by atoms with Crippen molar-refractivity contribution in [1.82, 2.24) is 24.3 Å². The molecule has 0 atom stereocenters. The van der Waals surface area contributed by atoms with Gasteiger partial charge in [-0.3, -0.25) is 19.1 Å². The minimum Gasteiger partial charge on any atom is -0.357 e. The van der Waals surface area contributed by atoms with Crippen LogP contribution in [0.2, 0.25) is 0 Å². The summed E-state index contributed by atoms with van der Waals surface area (Å²) in [6.07, 6.45) is 3.93. The molecule has 1 N–H and O–H groups in total. The molecule has 0 aromatic carbocycles. The van der Waals surface area contributed by atoms with E-state index in [1.54, 1.807) is 29.9 Å². The van der Waals surface area contributed by atoms with E-state index in [-0.39, 0.29) is 11.5 Å². The summed E-state index contributed by atoms with van der Waals surface area (Å²) in [6.45, 7) is 8.14. The average molecular weight is 356 g/mol. The molecule has 0 spiro atoms. The predicted octanol–water partition coefficient (Wildman–Crippen LogP) is 0.553. The van der Waals surface area contributed by atoms with Gasteiger partial charge >= 0.3 is 0 Å². The van der Waals surface area contributed by atoms with Gasteiger partial charge in [0.1, 0.15) is 5.65 Å². The Balaban J connectivity index is 1.62. The zero-order valence-corrected chi connectivity index (χ0v) is 15.0. The zero-order valence-electron chi connectivity index (χ0n) is 15.0. The molecule has 138 valence electrons. The molecule has 0 saturated carbocycles. The van der Waals surface area contributed by atoms with E-state index in [0.29, 0.717) is 18.1 Å². The van der Waals surface area contributed by atoms with Gasteiger partial charge in [-0.05, 0) is 25.1 Å². The highest BCUT2D eigenvalue weighted by molar-refractivity contribution is 5.87. The first-order valence-electron chi connectivity index (χ1n) is 8.80. The molecule has 0 radical (unpaired) electrons. The van der Waals surface area contributed by atoms with Gasteiger partial charge in [0, 0.05) is 57.4 Å². The van der Waals surface area contributed by atoms with Crippen LogP contribution in [0.4, 0.5) is 5.95 Å². The largest absolute Gasteiger partial charge is 0.357 e. The van der Waals surface area contributed by atoms with Crippen molar-refractivity contribution in [3.8, 4) is 0 Å². The molecule has 0 unspecified atom stereocenters. The molecule has 1 fully saturated rings. The maximum atomic E-state index is 12.3. The molecule has 3 rings (SSSR count). The van der Waals surface area contributed by atoms with E-state index in [1.165, 1.54) is 6.08 Å². The normalized spacial score (nSPS) is 15.2. The highest BCUT2D eigenvalue weighted by atomic mass is 16.2. The Kier molecular flexibility index (Phi) is 5.62. The average Bonchev–Trinajstić information content (AvgIpc) is 2.69. The van der Waals surface area contributed by atoms with Crippen molar-refractivity contribution >= 4 is 22.9 Å². The van der Waals surface area contributed by atoms with Gasteiger partial charge in [-0.15, -0.1) is 0 Å². The molecule has 1 aliphatic heterocycles. The minimum atomic E-state index is -0.0559. The minimum absolute atomic E-state index is 0.00743. The van der Waals surface area contributed by atoms with E-state index in [0.717, 1.165) is 44.5 Å². The number of amides is 1.